The van der Waals surface area contributed by atoms with Gasteiger partial charge in [0.25, 0.3) is 0 Å². The minimum Gasteiger partial charge on any atom is -0.450 e. The summed E-state index contributed by atoms with van der Waals surface area (Å²) in [4.78, 5) is 35.9. The molecule has 2 aromatic carbocycles. The highest BCUT2D eigenvalue weighted by molar-refractivity contribution is 6.31. The lowest BCUT2D eigenvalue weighted by atomic mass is 10.0. The Morgan fingerprint density at radius 1 is 1.18 bits per heavy atom. The molecule has 4 aromatic rings. The van der Waals surface area contributed by atoms with Crippen molar-refractivity contribution in [3.8, 4) is 16.9 Å². The van der Waals surface area contributed by atoms with Gasteiger partial charge in [-0.25, -0.2) is 14.0 Å². The van der Waals surface area contributed by atoms with Crippen LogP contribution < -0.4 is 27.8 Å². The summed E-state index contributed by atoms with van der Waals surface area (Å²) in [5.74, 6) is -0.475. The molecule has 0 spiro atoms. The molecule has 45 heavy (non-hydrogen) atoms. The third-order valence-corrected chi connectivity index (χ3v) is 7.65. The molecule has 13 heteroatoms. The van der Waals surface area contributed by atoms with E-state index in [0.29, 0.717) is 48.4 Å². The van der Waals surface area contributed by atoms with Gasteiger partial charge in [0.1, 0.15) is 5.65 Å². The second kappa shape index (κ2) is 15.5. The molecule has 0 aliphatic carbocycles. The minimum absolute atomic E-state index is 0.00367. The fraction of sp³-hybridized carbons (Fsp3) is 0.375. The second-order valence-electron chi connectivity index (χ2n) is 10.9. The maximum absolute atomic E-state index is 15.2. The van der Waals surface area contributed by atoms with E-state index in [0.717, 1.165) is 30.5 Å². The Morgan fingerprint density at radius 2 is 1.93 bits per heavy atom. The Balaban J connectivity index is 1.47. The zero-order valence-electron chi connectivity index (χ0n) is 25.7. The molecule has 0 aliphatic heterocycles. The number of benzene rings is 2. The molecule has 240 valence electrons. The summed E-state index contributed by atoms with van der Waals surface area (Å²) in [6.07, 6.45) is 4.13. The van der Waals surface area contributed by atoms with Crippen LogP contribution in [0.1, 0.15) is 57.2 Å². The largest absolute Gasteiger partial charge is 0.450 e. The van der Waals surface area contributed by atoms with Crippen molar-refractivity contribution in [2.75, 3.05) is 19.7 Å². The summed E-state index contributed by atoms with van der Waals surface area (Å²) in [5.41, 5.74) is 13.9. The predicted octanol–water partition coefficient (Wildman–Crippen LogP) is 4.94. The van der Waals surface area contributed by atoms with Crippen molar-refractivity contribution < 1.29 is 13.9 Å². The van der Waals surface area contributed by atoms with E-state index in [9.17, 15) is 9.59 Å². The molecule has 0 saturated carbocycles. The van der Waals surface area contributed by atoms with Gasteiger partial charge in [-0.05, 0) is 94.5 Å². The van der Waals surface area contributed by atoms with E-state index in [1.165, 1.54) is 4.57 Å². The van der Waals surface area contributed by atoms with Crippen LogP contribution in [-0.4, -0.2) is 52.3 Å². The third kappa shape index (κ3) is 9.05. The van der Waals surface area contributed by atoms with Gasteiger partial charge >= 0.3 is 11.8 Å². The summed E-state index contributed by atoms with van der Waals surface area (Å²) in [5, 5.41) is 6.86. The van der Waals surface area contributed by atoms with Crippen molar-refractivity contribution in [3.05, 3.63) is 81.1 Å². The summed E-state index contributed by atoms with van der Waals surface area (Å²) in [6.45, 7) is 7.33. The molecule has 0 fully saturated rings. The number of H-pyrrole nitrogens is 1. The number of ether oxygens (including phenoxy) is 1. The summed E-state index contributed by atoms with van der Waals surface area (Å²) in [7, 11) is 0. The fourth-order valence-electron chi connectivity index (χ4n) is 5.02. The number of nitrogens with two attached hydrogens (primary N) is 2. The Kier molecular flexibility index (Phi) is 11.6. The van der Waals surface area contributed by atoms with Crippen molar-refractivity contribution in [3.63, 3.8) is 0 Å². The number of nitrogens with one attached hydrogen (secondary N) is 3. The van der Waals surface area contributed by atoms with Crippen LogP contribution in [-0.2, 0) is 11.2 Å². The number of alkyl carbamates (subject to hydrolysis) is 1. The first-order valence-corrected chi connectivity index (χ1v) is 15.4. The van der Waals surface area contributed by atoms with Gasteiger partial charge in [0.2, 0.25) is 0 Å². The lowest BCUT2D eigenvalue weighted by Gasteiger charge is -2.15. The molecule has 7 N–H and O–H groups in total. The van der Waals surface area contributed by atoms with Crippen LogP contribution in [0.2, 0.25) is 5.02 Å². The highest BCUT2D eigenvalue weighted by Crippen LogP contribution is 2.31. The molecule has 4 rings (SSSR count). The van der Waals surface area contributed by atoms with E-state index in [-0.39, 0.29) is 28.6 Å². The van der Waals surface area contributed by atoms with Crippen LogP contribution in [0.25, 0.3) is 28.0 Å². The molecule has 0 radical (unpaired) electrons. The Morgan fingerprint density at radius 3 is 2.64 bits per heavy atom. The molecule has 0 bridgehead atoms. The monoisotopic (exact) mass is 638 g/mol. The second-order valence-corrected chi connectivity index (χ2v) is 11.3. The average molecular weight is 639 g/mol. The summed E-state index contributed by atoms with van der Waals surface area (Å²) in [6, 6.07) is 12.8. The van der Waals surface area contributed by atoms with E-state index in [2.05, 4.69) is 32.5 Å². The number of aromatic amines is 1. The first kappa shape index (κ1) is 33.5. The van der Waals surface area contributed by atoms with Gasteiger partial charge < -0.3 is 31.8 Å². The molecule has 0 saturated heterocycles. The van der Waals surface area contributed by atoms with Gasteiger partial charge in [0.15, 0.2) is 11.8 Å². The zero-order chi connectivity index (χ0) is 32.5. The molecule has 2 atom stereocenters. The van der Waals surface area contributed by atoms with Gasteiger partial charge in [0.05, 0.1) is 23.0 Å². The van der Waals surface area contributed by atoms with Crippen molar-refractivity contribution in [1.29, 1.82) is 0 Å². The number of fused-ring (bicyclic) bond motifs is 1. The number of aromatic nitrogens is 3. The highest BCUT2D eigenvalue weighted by atomic mass is 35.5. The van der Waals surface area contributed by atoms with Crippen molar-refractivity contribution in [1.82, 2.24) is 25.2 Å². The normalized spacial score (nSPS) is 12.6. The summed E-state index contributed by atoms with van der Waals surface area (Å²) < 4.78 is 21.6. The Bertz CT molecular complexity index is 1700. The van der Waals surface area contributed by atoms with Crippen molar-refractivity contribution >= 4 is 34.7 Å². The maximum Gasteiger partial charge on any atom is 0.407 e. The summed E-state index contributed by atoms with van der Waals surface area (Å²) >= 11 is 6.28. The number of carbonyl (C=O) groups excluding carboxylic acids is 1. The lowest BCUT2D eigenvalue weighted by molar-refractivity contribution is 0.148. The third-order valence-electron chi connectivity index (χ3n) is 7.38. The molecule has 11 nitrogen and oxygen atoms in total. The quantitative estimate of drug-likeness (QED) is 0.0741. The molecule has 0 unspecified atom stereocenters. The number of hydrogen-bond acceptors (Lipinski definition) is 6. The van der Waals surface area contributed by atoms with Gasteiger partial charge in [-0.1, -0.05) is 23.7 Å². The Hall–Kier alpha value is -4.42. The number of amides is 1. The fourth-order valence-corrected chi connectivity index (χ4v) is 5.26. The van der Waals surface area contributed by atoms with E-state index < -0.39 is 17.6 Å². The Labute approximate surface area is 266 Å². The number of halogens is 2. The van der Waals surface area contributed by atoms with E-state index in [4.69, 9.17) is 27.8 Å². The van der Waals surface area contributed by atoms with Gasteiger partial charge in [-0.15, -0.1) is 0 Å². The SMILES string of the molecule is CCOC(=O)N[C@@H](C)CCCc1cc(Cl)c(F)c(-c2cc3cn(-c4ccc([C@H](C)NCCCN=C(N)N)cc4)c(=O)nc3[nH]2)c1. The smallest absolute Gasteiger partial charge is 0.407 e. The molecular formula is C32H40ClFN8O3. The van der Waals surface area contributed by atoms with Crippen LogP contribution in [0, 0.1) is 5.82 Å². The van der Waals surface area contributed by atoms with Crippen LogP contribution in [0.3, 0.4) is 0 Å². The topological polar surface area (TPSA) is 165 Å². The van der Waals surface area contributed by atoms with Crippen LogP contribution >= 0.6 is 11.6 Å². The zero-order valence-corrected chi connectivity index (χ0v) is 26.5. The molecule has 2 heterocycles. The van der Waals surface area contributed by atoms with Crippen LogP contribution in [0.5, 0.6) is 0 Å². The van der Waals surface area contributed by atoms with Gasteiger partial charge in [0, 0.05) is 35.8 Å². The number of hydrogen-bond donors (Lipinski definition) is 5. The van der Waals surface area contributed by atoms with Gasteiger partial charge in [-0.3, -0.25) is 9.56 Å². The number of carbonyl (C=O) groups is 1. The molecular weight excluding hydrogens is 599 g/mol. The first-order valence-electron chi connectivity index (χ1n) is 15.0. The lowest BCUT2D eigenvalue weighted by Crippen LogP contribution is -2.33. The van der Waals surface area contributed by atoms with Gasteiger partial charge in [-0.2, -0.15) is 4.98 Å². The maximum atomic E-state index is 15.2. The predicted molar refractivity (Wildman–Crippen MR) is 176 cm³/mol. The van der Waals surface area contributed by atoms with Crippen molar-refractivity contribution in [2.24, 2.45) is 16.5 Å². The van der Waals surface area contributed by atoms with Crippen LogP contribution in [0.4, 0.5) is 9.18 Å². The van der Waals surface area contributed by atoms with E-state index in [1.807, 2.05) is 31.2 Å². The van der Waals surface area contributed by atoms with E-state index >= 15 is 4.39 Å². The van der Waals surface area contributed by atoms with Crippen molar-refractivity contribution in [2.45, 2.75) is 58.5 Å². The molecule has 0 aliphatic rings. The number of guanidine groups is 1. The standard InChI is InChI=1S/C32H40ClFN8O3/c1-4-45-32(44)39-19(2)7-5-8-21-15-25(28(34)26(33)16-21)27-17-23-18-42(31(43)41-29(23)40-27)24-11-9-22(10-12-24)20(3)37-13-6-14-38-30(35)36/h9-12,15-20,37H,4-8,13-14H2,1-3H3,(H,39,44)(H4,35,36,38)(H,40,41,43)/t19-,20-/m0/s1. The van der Waals surface area contributed by atoms with E-state index in [1.54, 1.807) is 31.3 Å². The average Bonchev–Trinajstić information content (AvgIpc) is 3.40. The number of aryl methyl sites for hydroxylation is 1. The molecule has 2 aromatic heterocycles. The van der Waals surface area contributed by atoms with Crippen LogP contribution in [0.15, 0.2) is 58.4 Å². The minimum atomic E-state index is -0.561. The number of nitrogens with zero attached hydrogens (tertiary/aromatic N) is 3. The number of aliphatic imine (C=N–C) groups is 1. The highest BCUT2D eigenvalue weighted by Gasteiger charge is 2.16. The number of rotatable bonds is 14. The molecule has 1 amide bonds. The first-order chi connectivity index (χ1) is 21.5.